The molecule has 1 heterocycles. The van der Waals surface area contributed by atoms with Crippen molar-refractivity contribution < 1.29 is 5.11 Å². The molecule has 1 rings (SSSR count). The van der Waals surface area contributed by atoms with E-state index in [1.54, 1.807) is 11.3 Å². The minimum Gasteiger partial charge on any atom is -0.387 e. The third-order valence-electron chi connectivity index (χ3n) is 2.30. The molecule has 0 aliphatic heterocycles. The van der Waals surface area contributed by atoms with Crippen molar-refractivity contribution in [3.8, 4) is 12.3 Å². The maximum Gasteiger partial charge on any atom is 0.0983 e. The third-order valence-corrected chi connectivity index (χ3v) is 3.59. The van der Waals surface area contributed by atoms with Crippen LogP contribution in [0.3, 0.4) is 0 Å². The second-order valence-electron chi connectivity index (χ2n) is 4.94. The van der Waals surface area contributed by atoms with Gasteiger partial charge in [0.25, 0.3) is 0 Å². The van der Waals surface area contributed by atoms with Crippen LogP contribution in [0.4, 0.5) is 0 Å². The lowest BCUT2D eigenvalue weighted by Crippen LogP contribution is -2.11. The van der Waals surface area contributed by atoms with Crippen molar-refractivity contribution in [3.63, 3.8) is 0 Å². The zero-order valence-corrected chi connectivity index (χ0v) is 11.0. The summed E-state index contributed by atoms with van der Waals surface area (Å²) in [6, 6.07) is 0. The molecule has 2 nitrogen and oxygen atoms in total. The Morgan fingerprint density at radius 2 is 2.25 bits per heavy atom. The average Bonchev–Trinajstić information content (AvgIpc) is 2.66. The number of terminal acetylenes is 1. The summed E-state index contributed by atoms with van der Waals surface area (Å²) < 4.78 is 0. The molecule has 0 amide bonds. The third kappa shape index (κ3) is 3.62. The second-order valence-corrected chi connectivity index (χ2v) is 5.80. The summed E-state index contributed by atoms with van der Waals surface area (Å²) in [6.45, 7) is 6.38. The molecule has 0 aliphatic rings. The fourth-order valence-electron chi connectivity index (χ4n) is 1.33. The van der Waals surface area contributed by atoms with Crippen molar-refractivity contribution in [2.24, 2.45) is 0 Å². The highest BCUT2D eigenvalue weighted by Gasteiger charge is 2.20. The van der Waals surface area contributed by atoms with Crippen LogP contribution in [0.5, 0.6) is 0 Å². The molecular weight excluding hydrogens is 218 g/mol. The molecule has 0 spiro atoms. The monoisotopic (exact) mass is 237 g/mol. The van der Waals surface area contributed by atoms with Gasteiger partial charge in [0.1, 0.15) is 0 Å². The van der Waals surface area contributed by atoms with Crippen LogP contribution in [-0.4, -0.2) is 10.1 Å². The van der Waals surface area contributed by atoms with Crippen LogP contribution >= 0.6 is 11.3 Å². The van der Waals surface area contributed by atoms with E-state index in [0.717, 1.165) is 17.1 Å². The largest absolute Gasteiger partial charge is 0.387 e. The van der Waals surface area contributed by atoms with Gasteiger partial charge in [0.05, 0.1) is 16.8 Å². The van der Waals surface area contributed by atoms with E-state index in [1.807, 2.05) is 5.38 Å². The van der Waals surface area contributed by atoms with Crippen molar-refractivity contribution in [1.82, 2.24) is 4.98 Å². The lowest BCUT2D eigenvalue weighted by atomic mass is 9.98. The Hall–Kier alpha value is -0.850. The first-order valence-corrected chi connectivity index (χ1v) is 6.40. The molecular formula is C13H19NOS. The van der Waals surface area contributed by atoms with E-state index in [9.17, 15) is 5.11 Å². The number of aromatic nitrogens is 1. The van der Waals surface area contributed by atoms with Crippen LogP contribution in [0.15, 0.2) is 5.38 Å². The zero-order valence-electron chi connectivity index (χ0n) is 10.2. The predicted octanol–water partition coefficient (Wildman–Crippen LogP) is 3.28. The standard InChI is InChI=1S/C13H19NOS/c1-5-6-7-8-11(15)10-9-16-12(14-10)13(2,3)4/h1,9,11,15H,6-8H2,2-4H3. The first-order chi connectivity index (χ1) is 7.45. The molecule has 1 aromatic heterocycles. The summed E-state index contributed by atoms with van der Waals surface area (Å²) in [5.41, 5.74) is 0.841. The van der Waals surface area contributed by atoms with Crippen molar-refractivity contribution in [3.05, 3.63) is 16.1 Å². The molecule has 0 bridgehead atoms. The SMILES string of the molecule is C#CCCCC(O)c1csc(C(C)(C)C)n1. The second kappa shape index (κ2) is 5.47. The molecule has 1 unspecified atom stereocenters. The van der Waals surface area contributed by atoms with Crippen molar-refractivity contribution in [2.45, 2.75) is 51.6 Å². The summed E-state index contributed by atoms with van der Waals surface area (Å²) in [7, 11) is 0. The molecule has 1 atom stereocenters. The summed E-state index contributed by atoms with van der Waals surface area (Å²) in [4.78, 5) is 4.48. The molecule has 0 aromatic carbocycles. The van der Waals surface area contributed by atoms with Gasteiger partial charge in [-0.1, -0.05) is 20.8 Å². The molecule has 1 aromatic rings. The predicted molar refractivity (Wildman–Crippen MR) is 68.5 cm³/mol. The summed E-state index contributed by atoms with van der Waals surface area (Å²) >= 11 is 1.61. The van der Waals surface area contributed by atoms with Gasteiger partial charge in [-0.2, -0.15) is 0 Å². The lowest BCUT2D eigenvalue weighted by molar-refractivity contribution is 0.161. The molecule has 88 valence electrons. The van der Waals surface area contributed by atoms with Gasteiger partial charge in [0, 0.05) is 17.2 Å². The number of aliphatic hydroxyl groups is 1. The smallest absolute Gasteiger partial charge is 0.0983 e. The van der Waals surface area contributed by atoms with Gasteiger partial charge >= 0.3 is 0 Å². The first kappa shape index (κ1) is 13.2. The van der Waals surface area contributed by atoms with E-state index < -0.39 is 6.10 Å². The molecule has 0 saturated carbocycles. The Kier molecular flexibility index (Phi) is 4.52. The summed E-state index contributed by atoms with van der Waals surface area (Å²) in [5.74, 6) is 2.58. The normalized spacial score (nSPS) is 13.4. The highest BCUT2D eigenvalue weighted by Crippen LogP contribution is 2.28. The van der Waals surface area contributed by atoms with E-state index in [2.05, 4.69) is 31.7 Å². The Bertz CT molecular complexity index is 370. The number of thiazole rings is 1. The maximum absolute atomic E-state index is 9.90. The van der Waals surface area contributed by atoms with E-state index in [0.29, 0.717) is 12.8 Å². The van der Waals surface area contributed by atoms with Crippen LogP contribution in [-0.2, 0) is 5.41 Å². The Labute approximate surface area is 102 Å². The topological polar surface area (TPSA) is 33.1 Å². The van der Waals surface area contributed by atoms with Crippen molar-refractivity contribution >= 4 is 11.3 Å². The Morgan fingerprint density at radius 3 is 2.75 bits per heavy atom. The number of hydrogen-bond acceptors (Lipinski definition) is 3. The molecule has 0 radical (unpaired) electrons. The molecule has 0 saturated heterocycles. The number of unbranched alkanes of at least 4 members (excludes halogenated alkanes) is 1. The minimum atomic E-state index is -0.472. The van der Waals surface area contributed by atoms with E-state index in [4.69, 9.17) is 6.42 Å². The van der Waals surface area contributed by atoms with Gasteiger partial charge in [0.15, 0.2) is 0 Å². The number of rotatable bonds is 4. The average molecular weight is 237 g/mol. The van der Waals surface area contributed by atoms with Crippen LogP contribution < -0.4 is 0 Å². The number of nitrogens with zero attached hydrogens (tertiary/aromatic N) is 1. The minimum absolute atomic E-state index is 0.0570. The van der Waals surface area contributed by atoms with E-state index in [1.165, 1.54) is 0 Å². The van der Waals surface area contributed by atoms with Gasteiger partial charge in [0.2, 0.25) is 0 Å². The Balaban J connectivity index is 2.61. The first-order valence-electron chi connectivity index (χ1n) is 5.52. The van der Waals surface area contributed by atoms with Gasteiger partial charge < -0.3 is 5.11 Å². The van der Waals surface area contributed by atoms with Crippen LogP contribution in [0.25, 0.3) is 0 Å². The van der Waals surface area contributed by atoms with Gasteiger partial charge in [-0.15, -0.1) is 23.7 Å². The quantitative estimate of drug-likeness (QED) is 0.644. The molecule has 0 fully saturated rings. The summed E-state index contributed by atoms with van der Waals surface area (Å²) in [6.07, 6.45) is 6.95. The highest BCUT2D eigenvalue weighted by atomic mass is 32.1. The number of aliphatic hydroxyl groups excluding tert-OH is 1. The van der Waals surface area contributed by atoms with Gasteiger partial charge in [-0.05, 0) is 12.8 Å². The van der Waals surface area contributed by atoms with Crippen LogP contribution in [0, 0.1) is 12.3 Å². The van der Waals surface area contributed by atoms with Crippen LogP contribution in [0.2, 0.25) is 0 Å². The lowest BCUT2D eigenvalue weighted by Gasteiger charge is -2.14. The Morgan fingerprint density at radius 1 is 1.56 bits per heavy atom. The van der Waals surface area contributed by atoms with E-state index >= 15 is 0 Å². The summed E-state index contributed by atoms with van der Waals surface area (Å²) in [5, 5.41) is 12.9. The van der Waals surface area contributed by atoms with Crippen molar-refractivity contribution in [2.75, 3.05) is 0 Å². The van der Waals surface area contributed by atoms with Gasteiger partial charge in [-0.25, -0.2) is 4.98 Å². The number of hydrogen-bond donors (Lipinski definition) is 1. The van der Waals surface area contributed by atoms with Gasteiger partial charge in [-0.3, -0.25) is 0 Å². The molecule has 1 N–H and O–H groups in total. The molecule has 3 heteroatoms. The van der Waals surface area contributed by atoms with Crippen LogP contribution in [0.1, 0.15) is 56.8 Å². The van der Waals surface area contributed by atoms with Crippen molar-refractivity contribution in [1.29, 1.82) is 0 Å². The zero-order chi connectivity index (χ0) is 12.2. The highest BCUT2D eigenvalue weighted by molar-refractivity contribution is 7.09. The molecule has 0 aliphatic carbocycles. The van der Waals surface area contributed by atoms with E-state index in [-0.39, 0.29) is 5.41 Å². The fourth-order valence-corrected chi connectivity index (χ4v) is 2.28. The molecule has 16 heavy (non-hydrogen) atoms. The fraction of sp³-hybridized carbons (Fsp3) is 0.615. The maximum atomic E-state index is 9.90.